The molecule has 0 spiro atoms. The third kappa shape index (κ3) is 4.25. The van der Waals surface area contributed by atoms with E-state index in [1.807, 2.05) is 20.8 Å². The standard InChI is InChI=1S/C14H27NO3/c1-11(16)9-12-7-5-6-8-15(12)10-14(2,3)13(17)18-4/h11-12,16H,5-10H2,1-4H3. The van der Waals surface area contributed by atoms with Gasteiger partial charge in [-0.2, -0.15) is 0 Å². The van der Waals surface area contributed by atoms with E-state index in [-0.39, 0.29) is 12.1 Å². The van der Waals surface area contributed by atoms with E-state index in [0.717, 1.165) is 19.4 Å². The Kier molecular flexibility index (Phi) is 5.60. The maximum atomic E-state index is 11.7. The van der Waals surface area contributed by atoms with Crippen LogP contribution >= 0.6 is 0 Å². The van der Waals surface area contributed by atoms with Crippen molar-refractivity contribution in [3.63, 3.8) is 0 Å². The van der Waals surface area contributed by atoms with E-state index in [1.54, 1.807) is 0 Å². The number of piperidine rings is 1. The Labute approximate surface area is 110 Å². The van der Waals surface area contributed by atoms with Crippen LogP contribution in [0, 0.1) is 5.41 Å². The number of rotatable bonds is 5. The van der Waals surface area contributed by atoms with Crippen LogP contribution in [0.1, 0.15) is 46.5 Å². The number of carbonyl (C=O) groups excluding carboxylic acids is 1. The number of aliphatic hydroxyl groups is 1. The van der Waals surface area contributed by atoms with Crippen molar-refractivity contribution in [3.05, 3.63) is 0 Å². The van der Waals surface area contributed by atoms with Gasteiger partial charge in [-0.1, -0.05) is 6.42 Å². The molecule has 1 N–H and O–H groups in total. The lowest BCUT2D eigenvalue weighted by atomic mass is 9.89. The molecule has 1 saturated heterocycles. The molecule has 1 aliphatic heterocycles. The Morgan fingerprint density at radius 1 is 1.50 bits per heavy atom. The predicted molar refractivity (Wildman–Crippen MR) is 71.3 cm³/mol. The molecule has 106 valence electrons. The van der Waals surface area contributed by atoms with Crippen molar-refractivity contribution < 1.29 is 14.6 Å². The van der Waals surface area contributed by atoms with Crippen molar-refractivity contribution in [2.45, 2.75) is 58.6 Å². The van der Waals surface area contributed by atoms with Gasteiger partial charge >= 0.3 is 5.97 Å². The lowest BCUT2D eigenvalue weighted by molar-refractivity contribution is -0.152. The second kappa shape index (κ2) is 6.53. The lowest BCUT2D eigenvalue weighted by Crippen LogP contribution is -2.48. The summed E-state index contributed by atoms with van der Waals surface area (Å²) in [5.74, 6) is -0.163. The molecule has 2 unspecified atom stereocenters. The molecule has 1 fully saturated rings. The number of nitrogens with zero attached hydrogens (tertiary/aromatic N) is 1. The van der Waals surface area contributed by atoms with Crippen LogP contribution in [0.15, 0.2) is 0 Å². The normalized spacial score (nSPS) is 23.7. The summed E-state index contributed by atoms with van der Waals surface area (Å²) in [4.78, 5) is 14.1. The highest BCUT2D eigenvalue weighted by molar-refractivity contribution is 5.76. The van der Waals surface area contributed by atoms with E-state index in [2.05, 4.69) is 4.90 Å². The van der Waals surface area contributed by atoms with Crippen LogP contribution in [0.5, 0.6) is 0 Å². The van der Waals surface area contributed by atoms with Crippen LogP contribution < -0.4 is 0 Å². The van der Waals surface area contributed by atoms with Crippen LogP contribution in [0.4, 0.5) is 0 Å². The van der Waals surface area contributed by atoms with Crippen molar-refractivity contribution in [1.82, 2.24) is 4.90 Å². The van der Waals surface area contributed by atoms with Crippen molar-refractivity contribution >= 4 is 5.97 Å². The molecule has 18 heavy (non-hydrogen) atoms. The molecular formula is C14H27NO3. The number of carbonyl (C=O) groups is 1. The Balaban J connectivity index is 2.64. The number of ether oxygens (including phenoxy) is 1. The Hall–Kier alpha value is -0.610. The molecule has 0 aliphatic carbocycles. The van der Waals surface area contributed by atoms with Gasteiger partial charge in [-0.05, 0) is 46.6 Å². The summed E-state index contributed by atoms with van der Waals surface area (Å²) in [7, 11) is 1.44. The van der Waals surface area contributed by atoms with Gasteiger partial charge in [-0.15, -0.1) is 0 Å². The summed E-state index contributed by atoms with van der Waals surface area (Å²) >= 11 is 0. The molecule has 0 aromatic carbocycles. The molecule has 0 radical (unpaired) electrons. The molecule has 1 aliphatic rings. The first-order valence-electron chi connectivity index (χ1n) is 6.87. The Morgan fingerprint density at radius 3 is 2.72 bits per heavy atom. The van der Waals surface area contributed by atoms with Crippen molar-refractivity contribution in [3.8, 4) is 0 Å². The zero-order chi connectivity index (χ0) is 13.8. The first-order valence-corrected chi connectivity index (χ1v) is 6.87. The van der Waals surface area contributed by atoms with Crippen molar-refractivity contribution in [1.29, 1.82) is 0 Å². The Morgan fingerprint density at radius 2 is 2.17 bits per heavy atom. The SMILES string of the molecule is COC(=O)C(C)(C)CN1CCCCC1CC(C)O. The molecule has 0 amide bonds. The van der Waals surface area contributed by atoms with Crippen LogP contribution in [0.2, 0.25) is 0 Å². The third-order valence-corrected chi connectivity index (χ3v) is 3.70. The minimum Gasteiger partial charge on any atom is -0.469 e. The second-order valence-corrected chi connectivity index (χ2v) is 6.08. The molecular weight excluding hydrogens is 230 g/mol. The van der Waals surface area contributed by atoms with E-state index >= 15 is 0 Å². The van der Waals surface area contributed by atoms with Crippen LogP contribution in [-0.4, -0.2) is 48.3 Å². The largest absolute Gasteiger partial charge is 0.469 e. The van der Waals surface area contributed by atoms with Crippen LogP contribution in [0.3, 0.4) is 0 Å². The molecule has 1 heterocycles. The average molecular weight is 257 g/mol. The van der Waals surface area contributed by atoms with Crippen LogP contribution in [0.25, 0.3) is 0 Å². The molecule has 0 saturated carbocycles. The highest BCUT2D eigenvalue weighted by Gasteiger charge is 2.34. The van der Waals surface area contributed by atoms with E-state index in [4.69, 9.17) is 4.74 Å². The maximum absolute atomic E-state index is 11.7. The monoisotopic (exact) mass is 257 g/mol. The van der Waals surface area contributed by atoms with Gasteiger partial charge in [0.1, 0.15) is 0 Å². The zero-order valence-corrected chi connectivity index (χ0v) is 12.1. The van der Waals surface area contributed by atoms with E-state index in [9.17, 15) is 9.90 Å². The zero-order valence-electron chi connectivity index (χ0n) is 12.1. The summed E-state index contributed by atoms with van der Waals surface area (Å²) < 4.78 is 4.86. The number of hydrogen-bond donors (Lipinski definition) is 1. The number of esters is 1. The summed E-state index contributed by atoms with van der Waals surface area (Å²) in [6, 6.07) is 0.391. The molecule has 0 aromatic rings. The second-order valence-electron chi connectivity index (χ2n) is 6.08. The minimum atomic E-state index is -0.483. The fourth-order valence-electron chi connectivity index (χ4n) is 2.78. The predicted octanol–water partition coefficient (Wildman–Crippen LogP) is 1.81. The first kappa shape index (κ1) is 15.4. The molecule has 4 heteroatoms. The first-order chi connectivity index (χ1) is 8.36. The van der Waals surface area contributed by atoms with E-state index < -0.39 is 5.41 Å². The fourth-order valence-corrected chi connectivity index (χ4v) is 2.78. The van der Waals surface area contributed by atoms with Crippen LogP contribution in [-0.2, 0) is 9.53 Å². The number of methoxy groups -OCH3 is 1. The lowest BCUT2D eigenvalue weighted by Gasteiger charge is -2.40. The summed E-state index contributed by atoms with van der Waals surface area (Å²) in [5, 5.41) is 9.56. The van der Waals surface area contributed by atoms with Gasteiger partial charge in [-0.3, -0.25) is 9.69 Å². The molecule has 4 nitrogen and oxygen atoms in total. The van der Waals surface area contributed by atoms with Gasteiger partial charge in [0.25, 0.3) is 0 Å². The molecule has 2 atom stereocenters. The average Bonchev–Trinajstić information content (AvgIpc) is 2.29. The smallest absolute Gasteiger partial charge is 0.312 e. The summed E-state index contributed by atoms with van der Waals surface area (Å²) in [6.45, 7) is 7.40. The summed E-state index contributed by atoms with van der Waals surface area (Å²) in [5.41, 5.74) is -0.483. The number of hydrogen-bond acceptors (Lipinski definition) is 4. The maximum Gasteiger partial charge on any atom is 0.312 e. The molecule has 1 rings (SSSR count). The van der Waals surface area contributed by atoms with Gasteiger partial charge in [-0.25, -0.2) is 0 Å². The number of likely N-dealkylation sites (tertiary alicyclic amines) is 1. The molecule has 0 aromatic heterocycles. The van der Waals surface area contributed by atoms with Crippen molar-refractivity contribution in [2.24, 2.45) is 5.41 Å². The highest BCUT2D eigenvalue weighted by Crippen LogP contribution is 2.26. The van der Waals surface area contributed by atoms with Gasteiger partial charge in [0, 0.05) is 12.6 Å². The van der Waals surface area contributed by atoms with Gasteiger partial charge in [0.05, 0.1) is 18.6 Å². The molecule has 0 bridgehead atoms. The third-order valence-electron chi connectivity index (χ3n) is 3.70. The topological polar surface area (TPSA) is 49.8 Å². The van der Waals surface area contributed by atoms with Crippen molar-refractivity contribution in [2.75, 3.05) is 20.2 Å². The van der Waals surface area contributed by atoms with Gasteiger partial charge < -0.3 is 9.84 Å². The number of aliphatic hydroxyl groups excluding tert-OH is 1. The van der Waals surface area contributed by atoms with Gasteiger partial charge in [0.2, 0.25) is 0 Å². The minimum absolute atomic E-state index is 0.163. The fraction of sp³-hybridized carbons (Fsp3) is 0.929. The Bertz CT molecular complexity index is 276. The quantitative estimate of drug-likeness (QED) is 0.763. The van der Waals surface area contributed by atoms with E-state index in [1.165, 1.54) is 20.0 Å². The van der Waals surface area contributed by atoms with E-state index in [0.29, 0.717) is 12.6 Å². The van der Waals surface area contributed by atoms with Gasteiger partial charge in [0.15, 0.2) is 0 Å². The summed E-state index contributed by atoms with van der Waals surface area (Å²) in [6.07, 6.45) is 4.01. The highest BCUT2D eigenvalue weighted by atomic mass is 16.5.